The van der Waals surface area contributed by atoms with Gasteiger partial charge in [-0.3, -0.25) is 9.59 Å². The van der Waals surface area contributed by atoms with E-state index in [0.29, 0.717) is 17.0 Å². The highest BCUT2D eigenvalue weighted by molar-refractivity contribution is 6.32. The van der Waals surface area contributed by atoms with Crippen molar-refractivity contribution in [1.82, 2.24) is 0 Å². The lowest BCUT2D eigenvalue weighted by Gasteiger charge is -2.24. The van der Waals surface area contributed by atoms with Crippen LogP contribution in [-0.2, 0) is 12.8 Å². The molecule has 4 aromatic rings. The summed E-state index contributed by atoms with van der Waals surface area (Å²) in [4.78, 5) is 40.9. The SMILES string of the molecule is CCCCCCc1ccc(Nc2cc(C(=O)Oc3ccc(CCC)cc3)c(N)c3c2C(=O)c2ccccc2C3=O)cc1. The number of carbonyl (C=O) groups excluding carboxylic acids is 3. The summed E-state index contributed by atoms with van der Waals surface area (Å²) in [6, 6.07) is 23.5. The lowest BCUT2D eigenvalue weighted by molar-refractivity contribution is 0.0735. The third-order valence-electron chi connectivity index (χ3n) is 7.68. The van der Waals surface area contributed by atoms with Gasteiger partial charge in [0.2, 0.25) is 0 Å². The molecule has 6 heteroatoms. The van der Waals surface area contributed by atoms with Crippen molar-refractivity contribution < 1.29 is 19.1 Å². The summed E-state index contributed by atoms with van der Waals surface area (Å²) in [5.74, 6) is -1.06. The summed E-state index contributed by atoms with van der Waals surface area (Å²) < 4.78 is 5.67. The largest absolute Gasteiger partial charge is 0.423 e. The van der Waals surface area contributed by atoms with Gasteiger partial charge in [-0.05, 0) is 60.7 Å². The molecule has 0 unspecified atom stereocenters. The second kappa shape index (κ2) is 12.9. The highest BCUT2D eigenvalue weighted by Gasteiger charge is 2.36. The minimum atomic E-state index is -0.705. The monoisotopic (exact) mass is 560 g/mol. The van der Waals surface area contributed by atoms with Gasteiger partial charge in [0.1, 0.15) is 5.75 Å². The van der Waals surface area contributed by atoms with Crippen molar-refractivity contribution in [2.75, 3.05) is 11.1 Å². The van der Waals surface area contributed by atoms with Crippen molar-refractivity contribution in [2.45, 2.75) is 58.8 Å². The van der Waals surface area contributed by atoms with Gasteiger partial charge in [0.05, 0.1) is 28.1 Å². The van der Waals surface area contributed by atoms with Crippen molar-refractivity contribution in [3.8, 4) is 5.75 Å². The van der Waals surface area contributed by atoms with Crippen molar-refractivity contribution in [3.63, 3.8) is 0 Å². The average Bonchev–Trinajstić information content (AvgIpc) is 3.00. The number of ether oxygens (including phenoxy) is 1. The fourth-order valence-corrected chi connectivity index (χ4v) is 5.43. The lowest BCUT2D eigenvalue weighted by Crippen LogP contribution is -2.25. The zero-order chi connectivity index (χ0) is 29.6. The number of nitrogens with two attached hydrogens (primary N) is 1. The summed E-state index contributed by atoms with van der Waals surface area (Å²) in [6.07, 6.45) is 7.70. The first-order valence-corrected chi connectivity index (χ1v) is 14.7. The van der Waals surface area contributed by atoms with Gasteiger partial charge in [0, 0.05) is 16.8 Å². The number of fused-ring (bicyclic) bond motifs is 2. The fraction of sp³-hybridized carbons (Fsp3) is 0.250. The van der Waals surface area contributed by atoms with Crippen LogP contribution in [0.1, 0.15) is 99.3 Å². The third kappa shape index (κ3) is 5.98. The van der Waals surface area contributed by atoms with Gasteiger partial charge in [-0.2, -0.15) is 0 Å². The van der Waals surface area contributed by atoms with Gasteiger partial charge in [-0.25, -0.2) is 4.79 Å². The van der Waals surface area contributed by atoms with E-state index in [1.54, 1.807) is 36.4 Å². The van der Waals surface area contributed by atoms with E-state index in [4.69, 9.17) is 10.5 Å². The molecule has 0 amide bonds. The first-order chi connectivity index (χ1) is 20.4. The standard InChI is InChI=1S/C36H36N2O4/c1-3-5-6-7-11-24-14-18-25(19-15-24)38-30-22-29(36(41)42-26-20-16-23(10-4-2)17-21-26)33(37)32-31(30)34(39)27-12-8-9-13-28(27)35(32)40/h8-9,12-22,38H,3-7,10-11,37H2,1-2H3. The molecule has 0 heterocycles. The zero-order valence-electron chi connectivity index (χ0n) is 24.2. The van der Waals surface area contributed by atoms with Crippen molar-refractivity contribution >= 4 is 34.6 Å². The summed E-state index contributed by atoms with van der Waals surface area (Å²) >= 11 is 0. The molecule has 1 aliphatic rings. The normalized spacial score (nSPS) is 12.0. The number of rotatable bonds is 11. The minimum absolute atomic E-state index is 0.0153. The Morgan fingerprint density at radius 3 is 2.00 bits per heavy atom. The van der Waals surface area contributed by atoms with Crippen LogP contribution in [0.15, 0.2) is 78.9 Å². The minimum Gasteiger partial charge on any atom is -0.423 e. The average molecular weight is 561 g/mol. The Kier molecular flexibility index (Phi) is 8.82. The number of hydrogen-bond acceptors (Lipinski definition) is 6. The highest BCUT2D eigenvalue weighted by atomic mass is 16.5. The number of ketones is 2. The molecular formula is C36H36N2O4. The number of unbranched alkanes of at least 4 members (excludes halogenated alkanes) is 3. The van der Waals surface area contributed by atoms with E-state index in [9.17, 15) is 14.4 Å². The predicted octanol–water partition coefficient (Wildman–Crippen LogP) is 8.08. The fourth-order valence-electron chi connectivity index (χ4n) is 5.43. The highest BCUT2D eigenvalue weighted by Crippen LogP contribution is 2.39. The van der Waals surface area contributed by atoms with Crippen molar-refractivity contribution in [1.29, 1.82) is 0 Å². The van der Waals surface area contributed by atoms with Crippen LogP contribution in [0.5, 0.6) is 5.75 Å². The maximum Gasteiger partial charge on any atom is 0.345 e. The van der Waals surface area contributed by atoms with Crippen LogP contribution < -0.4 is 15.8 Å². The van der Waals surface area contributed by atoms with Gasteiger partial charge in [0.15, 0.2) is 11.6 Å². The van der Waals surface area contributed by atoms with Crippen LogP contribution in [-0.4, -0.2) is 17.5 Å². The van der Waals surface area contributed by atoms with Gasteiger partial charge in [0.25, 0.3) is 0 Å². The maximum absolute atomic E-state index is 13.7. The number of nitrogen functional groups attached to an aromatic ring is 1. The molecule has 4 aromatic carbocycles. The molecule has 0 spiro atoms. The van der Waals surface area contributed by atoms with Crippen molar-refractivity contribution in [3.05, 3.63) is 118 Å². The van der Waals surface area contributed by atoms with Gasteiger partial charge in [-0.1, -0.05) is 88.1 Å². The second-order valence-corrected chi connectivity index (χ2v) is 10.8. The molecule has 0 saturated heterocycles. The zero-order valence-corrected chi connectivity index (χ0v) is 24.2. The van der Waals surface area contributed by atoms with E-state index >= 15 is 0 Å². The van der Waals surface area contributed by atoms with E-state index < -0.39 is 11.8 Å². The van der Waals surface area contributed by atoms with Gasteiger partial charge < -0.3 is 15.8 Å². The smallest absolute Gasteiger partial charge is 0.345 e. The number of aryl methyl sites for hydroxylation is 2. The molecule has 6 nitrogen and oxygen atoms in total. The van der Waals surface area contributed by atoms with E-state index in [1.165, 1.54) is 30.9 Å². The molecule has 0 bridgehead atoms. The number of esters is 1. The Labute approximate surface area is 246 Å². The van der Waals surface area contributed by atoms with Crippen molar-refractivity contribution in [2.24, 2.45) is 0 Å². The summed E-state index contributed by atoms with van der Waals surface area (Å²) in [7, 11) is 0. The van der Waals surface area contributed by atoms with Crippen LogP contribution in [0.4, 0.5) is 17.1 Å². The first-order valence-electron chi connectivity index (χ1n) is 14.7. The molecule has 0 radical (unpaired) electrons. The Balaban J connectivity index is 1.51. The third-order valence-corrected chi connectivity index (χ3v) is 7.68. The number of nitrogens with one attached hydrogen (secondary N) is 1. The molecule has 0 saturated carbocycles. The van der Waals surface area contributed by atoms with Crippen LogP contribution in [0.2, 0.25) is 0 Å². The second-order valence-electron chi connectivity index (χ2n) is 10.8. The molecule has 5 rings (SSSR count). The summed E-state index contributed by atoms with van der Waals surface area (Å²) in [5, 5.41) is 3.29. The Hall–Kier alpha value is -4.71. The Morgan fingerprint density at radius 2 is 1.36 bits per heavy atom. The molecule has 0 fully saturated rings. The van der Waals surface area contributed by atoms with Gasteiger partial charge in [-0.15, -0.1) is 0 Å². The molecule has 1 aliphatic carbocycles. The van der Waals surface area contributed by atoms with Crippen LogP contribution in [0, 0.1) is 0 Å². The lowest BCUT2D eigenvalue weighted by atomic mass is 9.81. The van der Waals surface area contributed by atoms with E-state index in [0.717, 1.165) is 36.9 Å². The molecule has 0 atom stereocenters. The molecule has 214 valence electrons. The Morgan fingerprint density at radius 1 is 0.738 bits per heavy atom. The maximum atomic E-state index is 13.7. The summed E-state index contributed by atoms with van der Waals surface area (Å²) in [5.41, 5.74) is 10.6. The molecule has 0 aliphatic heterocycles. The van der Waals surface area contributed by atoms with Crippen LogP contribution >= 0.6 is 0 Å². The quantitative estimate of drug-likeness (QED) is 0.0733. The summed E-state index contributed by atoms with van der Waals surface area (Å²) in [6.45, 7) is 4.30. The number of carbonyl (C=O) groups is 3. The molecular weight excluding hydrogens is 524 g/mol. The van der Waals surface area contributed by atoms with E-state index in [2.05, 4.69) is 31.3 Å². The Bertz CT molecular complexity index is 1620. The topological polar surface area (TPSA) is 98.5 Å². The van der Waals surface area contributed by atoms with Crippen LogP contribution in [0.25, 0.3) is 0 Å². The predicted molar refractivity (Wildman–Crippen MR) is 167 cm³/mol. The molecule has 42 heavy (non-hydrogen) atoms. The number of anilines is 3. The number of hydrogen-bond donors (Lipinski definition) is 2. The molecule has 3 N–H and O–H groups in total. The first kappa shape index (κ1) is 28.8. The van der Waals surface area contributed by atoms with E-state index in [-0.39, 0.29) is 33.7 Å². The number of benzene rings is 4. The van der Waals surface area contributed by atoms with Gasteiger partial charge >= 0.3 is 5.97 Å². The van der Waals surface area contributed by atoms with E-state index in [1.807, 2.05) is 24.3 Å². The van der Waals surface area contributed by atoms with Crippen LogP contribution in [0.3, 0.4) is 0 Å². The molecule has 0 aromatic heterocycles.